The van der Waals surface area contributed by atoms with Gasteiger partial charge in [0.2, 0.25) is 5.91 Å². The summed E-state index contributed by atoms with van der Waals surface area (Å²) in [5, 5.41) is 12.4. The highest BCUT2D eigenvalue weighted by atomic mass is 35.5. The summed E-state index contributed by atoms with van der Waals surface area (Å²) in [7, 11) is 0. The van der Waals surface area contributed by atoms with Gasteiger partial charge in [-0.2, -0.15) is 0 Å². The number of aromatic carboxylic acids is 1. The van der Waals surface area contributed by atoms with E-state index in [0.29, 0.717) is 31.3 Å². The highest BCUT2D eigenvalue weighted by molar-refractivity contribution is 5.93. The lowest BCUT2D eigenvalue weighted by Crippen LogP contribution is -2.28. The molecule has 0 radical (unpaired) electrons. The Morgan fingerprint density at radius 1 is 0.829 bits per heavy atom. The molecule has 0 atom stereocenters. The molecule has 0 aromatic heterocycles. The van der Waals surface area contributed by atoms with Gasteiger partial charge >= 0.3 is 5.97 Å². The molecule has 5 nitrogen and oxygen atoms in total. The maximum absolute atomic E-state index is 13.1. The number of hydrogen-bond donors (Lipinski definition) is 2. The molecule has 0 saturated carbocycles. The van der Waals surface area contributed by atoms with Crippen molar-refractivity contribution in [2.75, 3.05) is 16.8 Å². The minimum absolute atomic E-state index is 0. The van der Waals surface area contributed by atoms with Gasteiger partial charge < -0.3 is 15.3 Å². The third-order valence-electron chi connectivity index (χ3n) is 5.94. The number of carbonyl (C=O) groups is 2. The molecule has 0 aliphatic heterocycles. The summed E-state index contributed by atoms with van der Waals surface area (Å²) in [6, 6.07) is 23.1. The molecule has 186 valence electrons. The fraction of sp³-hybridized carbons (Fsp3) is 0.310. The fourth-order valence-corrected chi connectivity index (χ4v) is 4.05. The lowest BCUT2D eigenvalue weighted by Gasteiger charge is -2.25. The highest BCUT2D eigenvalue weighted by Crippen LogP contribution is 2.32. The smallest absolute Gasteiger partial charge is 0.335 e. The molecule has 2 N–H and O–H groups in total. The summed E-state index contributed by atoms with van der Waals surface area (Å²) in [5.41, 5.74) is 5.51. The van der Waals surface area contributed by atoms with Crippen molar-refractivity contribution in [2.24, 2.45) is 0 Å². The molecule has 0 unspecified atom stereocenters. The Hall–Kier alpha value is -3.31. The second-order valence-electron chi connectivity index (χ2n) is 9.18. The Morgan fingerprint density at radius 3 is 1.91 bits per heavy atom. The summed E-state index contributed by atoms with van der Waals surface area (Å²) in [6.45, 7) is 9.68. The lowest BCUT2D eigenvalue weighted by molar-refractivity contribution is -0.116. The summed E-state index contributed by atoms with van der Waals surface area (Å²) in [6.07, 6.45) is 0.339. The average molecular weight is 495 g/mol. The van der Waals surface area contributed by atoms with E-state index in [1.54, 1.807) is 12.1 Å². The van der Waals surface area contributed by atoms with Crippen LogP contribution in [0.25, 0.3) is 0 Å². The summed E-state index contributed by atoms with van der Waals surface area (Å²) in [4.78, 5) is 26.4. The third-order valence-corrected chi connectivity index (χ3v) is 5.94. The number of rotatable bonds is 10. The van der Waals surface area contributed by atoms with E-state index in [0.717, 1.165) is 28.1 Å². The SMILES string of the molecule is CC(C)c1cccc(C(C)C)c1NC(=O)CCN(Cc1ccc(C(=O)O)cc1)c1ccccc1.Cl. The van der Waals surface area contributed by atoms with Crippen LogP contribution in [0.4, 0.5) is 11.4 Å². The van der Waals surface area contributed by atoms with Crippen molar-refractivity contribution in [2.45, 2.75) is 52.5 Å². The van der Waals surface area contributed by atoms with Gasteiger partial charge in [0.15, 0.2) is 0 Å². The van der Waals surface area contributed by atoms with E-state index in [-0.39, 0.29) is 23.9 Å². The maximum atomic E-state index is 13.1. The Bertz CT molecular complexity index is 1090. The summed E-state index contributed by atoms with van der Waals surface area (Å²) < 4.78 is 0. The second kappa shape index (κ2) is 13.0. The molecule has 0 bridgehead atoms. The van der Waals surface area contributed by atoms with Crippen molar-refractivity contribution >= 4 is 35.7 Å². The lowest BCUT2D eigenvalue weighted by atomic mass is 9.92. The number of para-hydroxylation sites is 2. The molecule has 1 amide bonds. The minimum atomic E-state index is -0.939. The van der Waals surface area contributed by atoms with Gasteiger partial charge in [-0.15, -0.1) is 12.4 Å². The summed E-state index contributed by atoms with van der Waals surface area (Å²) >= 11 is 0. The minimum Gasteiger partial charge on any atom is -0.478 e. The first kappa shape index (κ1) is 27.9. The molecule has 3 rings (SSSR count). The number of nitrogens with zero attached hydrogens (tertiary/aromatic N) is 1. The number of hydrogen-bond acceptors (Lipinski definition) is 3. The third kappa shape index (κ3) is 7.59. The van der Waals surface area contributed by atoms with Crippen molar-refractivity contribution in [3.05, 3.63) is 95.1 Å². The van der Waals surface area contributed by atoms with Crippen LogP contribution >= 0.6 is 12.4 Å². The number of carboxylic acids is 1. The predicted molar refractivity (Wildman–Crippen MR) is 146 cm³/mol. The van der Waals surface area contributed by atoms with Gasteiger partial charge in [0, 0.05) is 30.9 Å². The second-order valence-corrected chi connectivity index (χ2v) is 9.18. The van der Waals surface area contributed by atoms with Crippen LogP contribution in [0, 0.1) is 0 Å². The van der Waals surface area contributed by atoms with Gasteiger partial charge in [0.05, 0.1) is 5.56 Å². The maximum Gasteiger partial charge on any atom is 0.335 e. The van der Waals surface area contributed by atoms with Gasteiger partial charge in [-0.3, -0.25) is 4.79 Å². The van der Waals surface area contributed by atoms with Crippen molar-refractivity contribution in [1.29, 1.82) is 0 Å². The molecule has 0 fully saturated rings. The average Bonchev–Trinajstić information content (AvgIpc) is 2.82. The quantitative estimate of drug-likeness (QED) is 0.315. The number of nitrogens with one attached hydrogen (secondary N) is 1. The van der Waals surface area contributed by atoms with Crippen LogP contribution in [-0.2, 0) is 11.3 Å². The molecule has 0 heterocycles. The Labute approximate surface area is 214 Å². The monoisotopic (exact) mass is 494 g/mol. The Kier molecular flexibility index (Phi) is 10.3. The first-order chi connectivity index (χ1) is 16.3. The van der Waals surface area contributed by atoms with Crippen LogP contribution < -0.4 is 10.2 Å². The van der Waals surface area contributed by atoms with Crippen molar-refractivity contribution in [3.8, 4) is 0 Å². The van der Waals surface area contributed by atoms with E-state index in [9.17, 15) is 9.59 Å². The van der Waals surface area contributed by atoms with E-state index in [4.69, 9.17) is 5.11 Å². The summed E-state index contributed by atoms with van der Waals surface area (Å²) in [5.74, 6) is -0.338. The topological polar surface area (TPSA) is 69.6 Å². The molecule has 0 aliphatic carbocycles. The van der Waals surface area contributed by atoms with E-state index in [1.807, 2.05) is 42.5 Å². The van der Waals surface area contributed by atoms with Crippen molar-refractivity contribution in [1.82, 2.24) is 0 Å². The Morgan fingerprint density at radius 2 is 1.40 bits per heavy atom. The zero-order chi connectivity index (χ0) is 24.7. The first-order valence-corrected chi connectivity index (χ1v) is 11.8. The van der Waals surface area contributed by atoms with Crippen LogP contribution in [0.1, 0.15) is 73.0 Å². The first-order valence-electron chi connectivity index (χ1n) is 11.8. The molecule has 35 heavy (non-hydrogen) atoms. The van der Waals surface area contributed by atoms with Crippen LogP contribution in [0.3, 0.4) is 0 Å². The van der Waals surface area contributed by atoms with E-state index >= 15 is 0 Å². The largest absolute Gasteiger partial charge is 0.478 e. The molecule has 6 heteroatoms. The number of halogens is 1. The molecular weight excluding hydrogens is 460 g/mol. The normalized spacial score (nSPS) is 10.7. The zero-order valence-electron chi connectivity index (χ0n) is 20.8. The molecule has 0 saturated heterocycles. The van der Waals surface area contributed by atoms with Gasteiger partial charge in [0.25, 0.3) is 0 Å². The number of benzene rings is 3. The van der Waals surface area contributed by atoms with Gasteiger partial charge in [0.1, 0.15) is 0 Å². The molecular formula is C29H35ClN2O3. The van der Waals surface area contributed by atoms with Crippen LogP contribution in [0.15, 0.2) is 72.8 Å². The predicted octanol–water partition coefficient (Wildman–Crippen LogP) is 7.09. The van der Waals surface area contributed by atoms with Crippen LogP contribution in [-0.4, -0.2) is 23.5 Å². The van der Waals surface area contributed by atoms with E-state index < -0.39 is 5.97 Å². The van der Waals surface area contributed by atoms with Crippen LogP contribution in [0.2, 0.25) is 0 Å². The highest BCUT2D eigenvalue weighted by Gasteiger charge is 2.17. The van der Waals surface area contributed by atoms with Gasteiger partial charge in [-0.25, -0.2) is 4.79 Å². The molecule has 0 aliphatic rings. The number of carboxylic acid groups (broad SMARTS) is 1. The van der Waals surface area contributed by atoms with Gasteiger partial charge in [-0.1, -0.05) is 76.2 Å². The van der Waals surface area contributed by atoms with Crippen LogP contribution in [0.5, 0.6) is 0 Å². The zero-order valence-corrected chi connectivity index (χ0v) is 21.6. The standard InChI is InChI=1S/C29H34N2O3.ClH/c1-20(2)25-11-8-12-26(21(3)4)28(25)30-27(32)17-18-31(24-9-6-5-7-10-24)19-22-13-15-23(16-14-22)29(33)34;/h5-16,20-21H,17-19H2,1-4H3,(H,30,32)(H,33,34);1H. The molecule has 3 aromatic carbocycles. The number of carbonyl (C=O) groups excluding carboxylic acids is 1. The van der Waals surface area contributed by atoms with Crippen molar-refractivity contribution in [3.63, 3.8) is 0 Å². The van der Waals surface area contributed by atoms with Gasteiger partial charge in [-0.05, 0) is 52.8 Å². The molecule has 0 spiro atoms. The number of anilines is 2. The molecule has 3 aromatic rings. The van der Waals surface area contributed by atoms with E-state index in [2.05, 4.69) is 56.1 Å². The Balaban J connectivity index is 0.00000432. The fourth-order valence-electron chi connectivity index (χ4n) is 4.05. The van der Waals surface area contributed by atoms with E-state index in [1.165, 1.54) is 0 Å². The van der Waals surface area contributed by atoms with Crippen molar-refractivity contribution < 1.29 is 14.7 Å². The number of amides is 1.